The van der Waals surface area contributed by atoms with Crippen molar-refractivity contribution in [1.29, 1.82) is 10.7 Å². The van der Waals surface area contributed by atoms with E-state index in [0.717, 1.165) is 22.2 Å². The Balaban J connectivity index is 2.67. The lowest BCUT2D eigenvalue weighted by molar-refractivity contribution is 0.399. The largest absolute Gasteiger partial charge is 0.369 e. The second-order valence-corrected chi connectivity index (χ2v) is 6.06. The second kappa shape index (κ2) is 5.13. The van der Waals surface area contributed by atoms with Crippen LogP contribution in [0.15, 0.2) is 24.3 Å². The number of nitrogens with one attached hydrogen (secondary N) is 1. The summed E-state index contributed by atoms with van der Waals surface area (Å²) in [4.78, 5) is 1.11. The fourth-order valence-corrected chi connectivity index (χ4v) is 2.70. The molecule has 0 bridgehead atoms. The van der Waals surface area contributed by atoms with E-state index in [0.29, 0.717) is 5.69 Å². The summed E-state index contributed by atoms with van der Waals surface area (Å²) in [6.07, 6.45) is 2.87. The summed E-state index contributed by atoms with van der Waals surface area (Å²) in [6, 6.07) is 7.86. The average Bonchev–Trinajstić information content (AvgIpc) is 2.76. The predicted octanol–water partition coefficient (Wildman–Crippen LogP) is 3.14. The molecule has 0 atom stereocenters. The lowest BCUT2D eigenvalue weighted by Crippen LogP contribution is -2.32. The van der Waals surface area contributed by atoms with E-state index < -0.39 is 0 Å². The topological polar surface area (TPSA) is 81.8 Å². The van der Waals surface area contributed by atoms with Crippen molar-refractivity contribution >= 4 is 22.5 Å². The minimum Gasteiger partial charge on any atom is -0.369 e. The van der Waals surface area contributed by atoms with Crippen LogP contribution in [0.5, 0.6) is 0 Å². The number of nitrogens with two attached hydrogens (primary N) is 1. The molecule has 0 fully saturated rings. The summed E-state index contributed by atoms with van der Waals surface area (Å²) in [6.45, 7) is 8.67. The molecule has 0 saturated carbocycles. The second-order valence-electron chi connectivity index (χ2n) is 6.06. The van der Waals surface area contributed by atoms with Crippen LogP contribution >= 0.6 is 0 Å². The molecule has 1 heterocycles. The van der Waals surface area contributed by atoms with Gasteiger partial charge in [-0.15, -0.1) is 0 Å². The van der Waals surface area contributed by atoms with Gasteiger partial charge in [0.15, 0.2) is 6.19 Å². The van der Waals surface area contributed by atoms with Crippen molar-refractivity contribution in [3.05, 3.63) is 30.0 Å². The SMILES string of the molecule is CCc1cc2cc(N(C#N)C(=N)N)ccc2n1C(C)(C)C. The van der Waals surface area contributed by atoms with Gasteiger partial charge in [-0.05, 0) is 51.5 Å². The highest BCUT2D eigenvalue weighted by Crippen LogP contribution is 2.30. The number of benzene rings is 1. The Hall–Kier alpha value is -2.48. The van der Waals surface area contributed by atoms with Crippen LogP contribution in [0.2, 0.25) is 0 Å². The first-order valence-electron chi connectivity index (χ1n) is 6.98. The van der Waals surface area contributed by atoms with Gasteiger partial charge < -0.3 is 10.3 Å². The number of aromatic nitrogens is 1. The average molecular weight is 283 g/mol. The lowest BCUT2D eigenvalue weighted by Gasteiger charge is -2.25. The van der Waals surface area contributed by atoms with E-state index in [1.807, 2.05) is 24.4 Å². The summed E-state index contributed by atoms with van der Waals surface area (Å²) in [5.41, 5.74) is 8.42. The van der Waals surface area contributed by atoms with Crippen molar-refractivity contribution in [2.24, 2.45) is 5.73 Å². The van der Waals surface area contributed by atoms with Crippen molar-refractivity contribution < 1.29 is 0 Å². The minimum atomic E-state index is -0.275. The van der Waals surface area contributed by atoms with Crippen molar-refractivity contribution in [3.63, 3.8) is 0 Å². The molecule has 5 nitrogen and oxygen atoms in total. The molecule has 0 aliphatic heterocycles. The molecule has 21 heavy (non-hydrogen) atoms. The number of anilines is 1. The molecule has 2 aromatic rings. The number of aryl methyl sites for hydroxylation is 1. The van der Waals surface area contributed by atoms with Gasteiger partial charge in [0.05, 0.1) is 5.69 Å². The third-order valence-corrected chi connectivity index (χ3v) is 3.49. The Kier molecular flexibility index (Phi) is 3.65. The standard InChI is InChI=1S/C16H21N5/c1-5-12-8-11-9-13(20(10-17)15(18)19)6-7-14(11)21(12)16(2,3)4/h6-9H,5H2,1-4H3,(H3,18,19). The zero-order valence-electron chi connectivity index (χ0n) is 12.9. The fraction of sp³-hybridized carbons (Fsp3) is 0.375. The lowest BCUT2D eigenvalue weighted by atomic mass is 10.1. The molecule has 0 radical (unpaired) electrons. The zero-order chi connectivity index (χ0) is 15.8. The van der Waals surface area contributed by atoms with E-state index in [2.05, 4.69) is 38.3 Å². The number of hydrogen-bond donors (Lipinski definition) is 2. The quantitative estimate of drug-likeness (QED) is 0.384. The first-order valence-corrected chi connectivity index (χ1v) is 6.98. The maximum Gasteiger partial charge on any atom is 0.206 e. The van der Waals surface area contributed by atoms with Crippen LogP contribution in [-0.4, -0.2) is 10.5 Å². The molecule has 1 aromatic carbocycles. The van der Waals surface area contributed by atoms with Gasteiger partial charge in [0.2, 0.25) is 5.96 Å². The molecule has 0 spiro atoms. The molecule has 110 valence electrons. The summed E-state index contributed by atoms with van der Waals surface area (Å²) in [7, 11) is 0. The predicted molar refractivity (Wildman–Crippen MR) is 86.3 cm³/mol. The first kappa shape index (κ1) is 14.9. The highest BCUT2D eigenvalue weighted by Gasteiger charge is 2.20. The van der Waals surface area contributed by atoms with E-state index >= 15 is 0 Å². The third kappa shape index (κ3) is 2.57. The van der Waals surface area contributed by atoms with Gasteiger partial charge in [0.25, 0.3) is 0 Å². The van der Waals surface area contributed by atoms with Gasteiger partial charge in [-0.25, -0.2) is 4.90 Å². The molecule has 0 aliphatic carbocycles. The highest BCUT2D eigenvalue weighted by molar-refractivity contribution is 5.97. The number of rotatable bonds is 2. The normalized spacial score (nSPS) is 11.4. The van der Waals surface area contributed by atoms with Crippen molar-refractivity contribution in [1.82, 2.24) is 4.57 Å². The van der Waals surface area contributed by atoms with Gasteiger partial charge >= 0.3 is 0 Å². The monoisotopic (exact) mass is 283 g/mol. The van der Waals surface area contributed by atoms with Gasteiger partial charge in [-0.3, -0.25) is 5.41 Å². The zero-order valence-corrected chi connectivity index (χ0v) is 12.9. The Labute approximate surface area is 125 Å². The number of fused-ring (bicyclic) bond motifs is 1. The van der Waals surface area contributed by atoms with Crippen LogP contribution in [0.1, 0.15) is 33.4 Å². The van der Waals surface area contributed by atoms with E-state index in [1.54, 1.807) is 0 Å². The molecular weight excluding hydrogens is 262 g/mol. The van der Waals surface area contributed by atoms with E-state index in [9.17, 15) is 0 Å². The van der Waals surface area contributed by atoms with Crippen molar-refractivity contribution in [2.75, 3.05) is 4.90 Å². The van der Waals surface area contributed by atoms with Gasteiger partial charge in [-0.1, -0.05) is 6.92 Å². The maximum atomic E-state index is 9.11. The van der Waals surface area contributed by atoms with Crippen LogP contribution in [-0.2, 0) is 12.0 Å². The highest BCUT2D eigenvalue weighted by atomic mass is 15.2. The molecule has 0 unspecified atom stereocenters. The molecule has 1 aromatic heterocycles. The Morgan fingerprint density at radius 1 is 1.38 bits per heavy atom. The molecule has 2 rings (SSSR count). The summed E-state index contributed by atoms with van der Waals surface area (Å²) < 4.78 is 2.32. The van der Waals surface area contributed by atoms with Crippen LogP contribution in [0.3, 0.4) is 0 Å². The van der Waals surface area contributed by atoms with Crippen LogP contribution in [0.4, 0.5) is 5.69 Å². The molecule has 0 aliphatic rings. The maximum absolute atomic E-state index is 9.11. The smallest absolute Gasteiger partial charge is 0.206 e. The van der Waals surface area contributed by atoms with Crippen molar-refractivity contribution in [2.45, 2.75) is 39.7 Å². The van der Waals surface area contributed by atoms with Gasteiger partial charge in [0.1, 0.15) is 0 Å². The molecule has 5 heteroatoms. The Morgan fingerprint density at radius 3 is 2.52 bits per heavy atom. The molecular formula is C16H21N5. The third-order valence-electron chi connectivity index (χ3n) is 3.49. The molecule has 0 saturated heterocycles. The van der Waals surface area contributed by atoms with E-state index in [4.69, 9.17) is 16.4 Å². The van der Waals surface area contributed by atoms with E-state index in [1.165, 1.54) is 5.69 Å². The summed E-state index contributed by atoms with van der Waals surface area (Å²) in [5, 5.41) is 17.6. The summed E-state index contributed by atoms with van der Waals surface area (Å²) >= 11 is 0. The van der Waals surface area contributed by atoms with Crippen LogP contribution in [0.25, 0.3) is 10.9 Å². The minimum absolute atomic E-state index is 0.00982. The molecule has 0 amide bonds. The summed E-state index contributed by atoms with van der Waals surface area (Å²) in [5.74, 6) is -0.275. The number of nitriles is 1. The van der Waals surface area contributed by atoms with Crippen LogP contribution < -0.4 is 10.6 Å². The van der Waals surface area contributed by atoms with Crippen LogP contribution in [0, 0.1) is 16.9 Å². The first-order chi connectivity index (χ1) is 9.79. The van der Waals surface area contributed by atoms with E-state index in [-0.39, 0.29) is 11.5 Å². The van der Waals surface area contributed by atoms with Crippen molar-refractivity contribution in [3.8, 4) is 6.19 Å². The Bertz CT molecular complexity index is 727. The number of nitrogens with zero attached hydrogens (tertiary/aromatic N) is 3. The number of hydrogen-bond acceptors (Lipinski definition) is 2. The van der Waals surface area contributed by atoms with Gasteiger partial charge in [0, 0.05) is 22.1 Å². The molecule has 3 N–H and O–H groups in total. The fourth-order valence-electron chi connectivity index (χ4n) is 2.70. The Morgan fingerprint density at radius 2 is 2.05 bits per heavy atom. The number of guanidine groups is 1. The van der Waals surface area contributed by atoms with Gasteiger partial charge in [-0.2, -0.15) is 5.26 Å².